The van der Waals surface area contributed by atoms with Crippen LogP contribution in [-0.2, 0) is 0 Å². The van der Waals surface area contributed by atoms with Crippen molar-refractivity contribution in [3.8, 4) is 0 Å². The molecule has 1 saturated heterocycles. The SMILES string of the molecule is CO.S=c1cc[nH]c(N2CCCC2)c1Cl. The van der Waals surface area contributed by atoms with Crippen LogP contribution in [0.1, 0.15) is 12.8 Å². The lowest BCUT2D eigenvalue weighted by atomic mass is 10.4. The van der Waals surface area contributed by atoms with Crippen LogP contribution in [0.15, 0.2) is 12.3 Å². The van der Waals surface area contributed by atoms with Gasteiger partial charge in [0.25, 0.3) is 0 Å². The standard InChI is InChI=1S/C9H11ClN2S.CH4O/c10-8-7(13)3-4-11-9(8)12-5-1-2-6-12;1-2/h3-4H,1-2,5-6H2,(H,11,13);2H,1H3. The molecule has 0 unspecified atom stereocenters. The van der Waals surface area contributed by atoms with Gasteiger partial charge in [-0.05, 0) is 18.9 Å². The maximum absolute atomic E-state index is 7.00. The molecule has 1 aliphatic rings. The van der Waals surface area contributed by atoms with Crippen LogP contribution in [0.25, 0.3) is 0 Å². The summed E-state index contributed by atoms with van der Waals surface area (Å²) in [4.78, 5) is 5.39. The van der Waals surface area contributed by atoms with Gasteiger partial charge in [0.05, 0.1) is 9.53 Å². The average molecular weight is 247 g/mol. The highest BCUT2D eigenvalue weighted by molar-refractivity contribution is 7.71. The minimum atomic E-state index is 0.680. The van der Waals surface area contributed by atoms with Gasteiger partial charge in [0.1, 0.15) is 5.82 Å². The van der Waals surface area contributed by atoms with E-state index in [4.69, 9.17) is 28.9 Å². The first kappa shape index (κ1) is 12.5. The summed E-state index contributed by atoms with van der Waals surface area (Å²) in [7, 11) is 1.00. The third-order valence-electron chi connectivity index (χ3n) is 2.30. The van der Waals surface area contributed by atoms with Crippen LogP contribution in [-0.4, -0.2) is 30.3 Å². The molecule has 3 nitrogen and oxygen atoms in total. The smallest absolute Gasteiger partial charge is 0.126 e. The van der Waals surface area contributed by atoms with Crippen LogP contribution in [0.3, 0.4) is 0 Å². The minimum absolute atomic E-state index is 0.680. The van der Waals surface area contributed by atoms with Gasteiger partial charge in [-0.15, -0.1) is 0 Å². The Kier molecular flexibility index (Phi) is 5.08. The maximum Gasteiger partial charge on any atom is 0.126 e. The summed E-state index contributed by atoms with van der Waals surface area (Å²) in [5.41, 5.74) is 0. The van der Waals surface area contributed by atoms with E-state index in [0.29, 0.717) is 5.02 Å². The van der Waals surface area contributed by atoms with Crippen LogP contribution in [0.2, 0.25) is 5.02 Å². The van der Waals surface area contributed by atoms with Crippen molar-refractivity contribution in [2.75, 3.05) is 25.1 Å². The first-order valence-electron chi connectivity index (χ1n) is 4.86. The summed E-state index contributed by atoms with van der Waals surface area (Å²) in [6, 6.07) is 1.82. The Morgan fingerprint density at radius 3 is 2.60 bits per heavy atom. The first-order chi connectivity index (χ1) is 7.29. The van der Waals surface area contributed by atoms with Crippen LogP contribution in [0.5, 0.6) is 0 Å². The predicted molar refractivity (Wildman–Crippen MR) is 66.2 cm³/mol. The second-order valence-corrected chi connectivity index (χ2v) is 4.02. The van der Waals surface area contributed by atoms with Crippen molar-refractivity contribution in [2.45, 2.75) is 12.8 Å². The van der Waals surface area contributed by atoms with Gasteiger partial charge in [0.15, 0.2) is 0 Å². The fourth-order valence-electron chi connectivity index (χ4n) is 1.62. The Labute approximate surface area is 99.7 Å². The maximum atomic E-state index is 7.00. The number of aliphatic hydroxyl groups excluding tert-OH is 1. The fraction of sp³-hybridized carbons (Fsp3) is 0.500. The normalized spacial score (nSPS) is 14.7. The van der Waals surface area contributed by atoms with E-state index in [2.05, 4.69) is 9.88 Å². The number of nitrogens with zero attached hydrogens (tertiary/aromatic N) is 1. The molecule has 0 atom stereocenters. The highest BCUT2D eigenvalue weighted by atomic mass is 35.5. The van der Waals surface area contributed by atoms with Gasteiger partial charge in [-0.1, -0.05) is 23.8 Å². The lowest BCUT2D eigenvalue weighted by molar-refractivity contribution is 0.399. The highest BCUT2D eigenvalue weighted by Gasteiger charge is 2.15. The molecule has 0 saturated carbocycles. The monoisotopic (exact) mass is 246 g/mol. The molecule has 2 rings (SSSR count). The van der Waals surface area contributed by atoms with Gasteiger partial charge >= 0.3 is 0 Å². The molecule has 1 aromatic rings. The summed E-state index contributed by atoms with van der Waals surface area (Å²) in [6.07, 6.45) is 4.33. The molecule has 0 spiro atoms. The number of anilines is 1. The topological polar surface area (TPSA) is 39.3 Å². The van der Waals surface area contributed by atoms with Gasteiger partial charge in [-0.3, -0.25) is 0 Å². The van der Waals surface area contributed by atoms with Gasteiger partial charge in [-0.25, -0.2) is 0 Å². The van der Waals surface area contributed by atoms with Crippen molar-refractivity contribution in [1.82, 2.24) is 4.98 Å². The second-order valence-electron chi connectivity index (χ2n) is 3.20. The number of rotatable bonds is 1. The molecule has 0 aromatic carbocycles. The van der Waals surface area contributed by atoms with Crippen molar-refractivity contribution in [2.24, 2.45) is 0 Å². The molecule has 0 aliphatic carbocycles. The zero-order valence-corrected chi connectivity index (χ0v) is 10.2. The second kappa shape index (κ2) is 6.10. The van der Waals surface area contributed by atoms with E-state index < -0.39 is 0 Å². The minimum Gasteiger partial charge on any atom is -0.400 e. The molecule has 1 fully saturated rings. The molecule has 0 amide bonds. The van der Waals surface area contributed by atoms with Gasteiger partial charge in [0, 0.05) is 26.4 Å². The van der Waals surface area contributed by atoms with Gasteiger partial charge < -0.3 is 15.0 Å². The third kappa shape index (κ3) is 2.93. The lowest BCUT2D eigenvalue weighted by Crippen LogP contribution is -2.19. The van der Waals surface area contributed by atoms with E-state index >= 15 is 0 Å². The molecular formula is C10H15ClN2OS. The quantitative estimate of drug-likeness (QED) is 0.749. The average Bonchev–Trinajstić information content (AvgIpc) is 2.78. The zero-order valence-electron chi connectivity index (χ0n) is 8.66. The number of nitrogens with one attached hydrogen (secondary N) is 1. The fourth-order valence-corrected chi connectivity index (χ4v) is 2.02. The number of aliphatic hydroxyl groups is 1. The highest BCUT2D eigenvalue weighted by Crippen LogP contribution is 2.26. The summed E-state index contributed by atoms with van der Waals surface area (Å²) in [5.74, 6) is 0.978. The molecular weight excluding hydrogens is 232 g/mol. The summed E-state index contributed by atoms with van der Waals surface area (Å²) in [5, 5.41) is 7.68. The lowest BCUT2D eigenvalue weighted by Gasteiger charge is -2.18. The summed E-state index contributed by atoms with van der Waals surface area (Å²) < 4.78 is 0.724. The number of aromatic nitrogens is 1. The molecule has 0 radical (unpaired) electrons. The molecule has 5 heteroatoms. The first-order valence-corrected chi connectivity index (χ1v) is 5.64. The Hall–Kier alpha value is -0.580. The van der Waals surface area contributed by atoms with Crippen LogP contribution in [0, 0.1) is 4.51 Å². The molecule has 15 heavy (non-hydrogen) atoms. The molecule has 1 aliphatic heterocycles. The van der Waals surface area contributed by atoms with E-state index in [1.54, 1.807) is 0 Å². The van der Waals surface area contributed by atoms with Crippen molar-refractivity contribution in [1.29, 1.82) is 0 Å². The van der Waals surface area contributed by atoms with Crippen molar-refractivity contribution < 1.29 is 5.11 Å². The van der Waals surface area contributed by atoms with Crippen molar-refractivity contribution in [3.63, 3.8) is 0 Å². The number of H-pyrrole nitrogens is 1. The van der Waals surface area contributed by atoms with Crippen LogP contribution >= 0.6 is 23.8 Å². The largest absolute Gasteiger partial charge is 0.400 e. The predicted octanol–water partition coefficient (Wildman–Crippen LogP) is 2.61. The Morgan fingerprint density at radius 2 is 2.00 bits per heavy atom. The summed E-state index contributed by atoms with van der Waals surface area (Å²) in [6.45, 7) is 2.16. The summed E-state index contributed by atoms with van der Waals surface area (Å²) >= 11 is 11.2. The van der Waals surface area contributed by atoms with E-state index in [-0.39, 0.29) is 0 Å². The molecule has 84 valence electrons. The van der Waals surface area contributed by atoms with Crippen LogP contribution in [0.4, 0.5) is 5.82 Å². The van der Waals surface area contributed by atoms with E-state index in [9.17, 15) is 0 Å². The van der Waals surface area contributed by atoms with E-state index in [1.807, 2.05) is 12.3 Å². The zero-order chi connectivity index (χ0) is 11.3. The molecule has 0 bridgehead atoms. The molecule has 2 N–H and O–H groups in total. The number of halogens is 1. The van der Waals surface area contributed by atoms with Crippen molar-refractivity contribution in [3.05, 3.63) is 21.8 Å². The number of hydrogen-bond acceptors (Lipinski definition) is 3. The van der Waals surface area contributed by atoms with Crippen LogP contribution < -0.4 is 4.90 Å². The van der Waals surface area contributed by atoms with Gasteiger partial charge in [-0.2, -0.15) is 0 Å². The molecule has 2 heterocycles. The number of hydrogen-bond donors (Lipinski definition) is 2. The Morgan fingerprint density at radius 1 is 1.40 bits per heavy atom. The third-order valence-corrected chi connectivity index (χ3v) is 3.14. The van der Waals surface area contributed by atoms with Crippen molar-refractivity contribution >= 4 is 29.6 Å². The molecule has 1 aromatic heterocycles. The number of aromatic amines is 1. The van der Waals surface area contributed by atoms with Gasteiger partial charge in [0.2, 0.25) is 0 Å². The van der Waals surface area contributed by atoms with E-state index in [1.165, 1.54) is 12.8 Å². The Balaban J connectivity index is 0.000000531. The number of pyridine rings is 1. The van der Waals surface area contributed by atoms with E-state index in [0.717, 1.165) is 30.5 Å². The Bertz CT molecular complexity index is 361.